The summed E-state index contributed by atoms with van der Waals surface area (Å²) in [6.45, 7) is 1.70. The quantitative estimate of drug-likeness (QED) is 0.469. The van der Waals surface area contributed by atoms with Crippen LogP contribution in [0.3, 0.4) is 0 Å². The maximum absolute atomic E-state index is 5.04. The van der Waals surface area contributed by atoms with Crippen LogP contribution in [-0.4, -0.2) is 31.0 Å². The van der Waals surface area contributed by atoms with E-state index in [0.29, 0.717) is 0 Å². The van der Waals surface area contributed by atoms with E-state index < -0.39 is 0 Å². The van der Waals surface area contributed by atoms with E-state index in [-0.39, 0.29) is 31.0 Å². The summed E-state index contributed by atoms with van der Waals surface area (Å²) in [7, 11) is 0. The molecule has 0 aliphatic rings. The van der Waals surface area contributed by atoms with Gasteiger partial charge in [-0.3, -0.25) is 0 Å². The van der Waals surface area contributed by atoms with Crippen LogP contribution >= 0.6 is 23.2 Å². The summed E-state index contributed by atoms with van der Waals surface area (Å²) >= 11 is 10.1. The molecule has 0 aromatic carbocycles. The van der Waals surface area contributed by atoms with Crippen LogP contribution < -0.4 is 0 Å². The second kappa shape index (κ2) is 5.46. The van der Waals surface area contributed by atoms with Crippen molar-refractivity contribution in [2.75, 3.05) is 0 Å². The first kappa shape index (κ1) is 9.68. The first-order chi connectivity index (χ1) is 1.73. The zero-order valence-corrected chi connectivity index (χ0v) is 7.77. The summed E-state index contributed by atoms with van der Waals surface area (Å²) in [5.41, 5.74) is 0. The average molecular weight is 308 g/mol. The summed E-state index contributed by atoms with van der Waals surface area (Å²) in [6.07, 6.45) is 0. The minimum absolute atomic E-state index is 0. The fourth-order valence-corrected chi connectivity index (χ4v) is 0. The van der Waals surface area contributed by atoms with Gasteiger partial charge in [0.15, 0.2) is 0 Å². The van der Waals surface area contributed by atoms with Crippen LogP contribution in [0.25, 0.3) is 0 Å². The van der Waals surface area contributed by atoms with Crippen LogP contribution in [0.4, 0.5) is 0 Å². The van der Waals surface area contributed by atoms with Crippen LogP contribution in [0.2, 0.25) is 0 Å². The largest absolute Gasteiger partial charge is 0.106 e. The van der Waals surface area contributed by atoms with Crippen LogP contribution in [0.5, 0.6) is 0 Å². The van der Waals surface area contributed by atoms with E-state index in [1.807, 2.05) is 0 Å². The monoisotopic (exact) mass is 307 g/mol. The smallest absolute Gasteiger partial charge is 0.105 e. The van der Waals surface area contributed by atoms with Crippen molar-refractivity contribution in [1.82, 2.24) is 0 Å². The minimum atomic E-state index is -0.222. The van der Waals surface area contributed by atoms with Crippen molar-refractivity contribution >= 4 is 49.4 Å². The van der Waals surface area contributed by atoms with Gasteiger partial charge >= 0.3 is 0 Å². The van der Waals surface area contributed by atoms with E-state index in [9.17, 15) is 0 Å². The van der Waals surface area contributed by atoms with Gasteiger partial charge in [-0.25, -0.2) is 0 Å². The minimum Gasteiger partial charge on any atom is -0.106 e. The Bertz CT molecular complexity index is 12.4. The molecule has 0 aliphatic carbocycles. The number of halogens is 2. The molecule has 0 saturated heterocycles. The topological polar surface area (TPSA) is 0 Å². The summed E-state index contributed by atoms with van der Waals surface area (Å²) in [6, 6.07) is 0. The van der Waals surface area contributed by atoms with Gasteiger partial charge < -0.3 is 0 Å². The van der Waals surface area contributed by atoms with Crippen LogP contribution in [0, 0.1) is 0 Å². The van der Waals surface area contributed by atoms with E-state index in [0.717, 1.165) is 0 Å². The summed E-state index contributed by atoms with van der Waals surface area (Å²) in [4.78, 5) is -0.222. The Balaban J connectivity index is 0. The standard InChI is InChI=1S/C2H4Cl2.Bi/c1-2(3)4;/h2H,1H3;. The fourth-order valence-electron chi connectivity index (χ4n) is 0. The molecule has 5 heavy (non-hydrogen) atoms. The third-order valence-corrected chi connectivity index (χ3v) is 0. The van der Waals surface area contributed by atoms with Crippen LogP contribution in [0.15, 0.2) is 0 Å². The van der Waals surface area contributed by atoms with E-state index in [2.05, 4.69) is 0 Å². The molecule has 0 rings (SSSR count). The number of hydrogen-bond acceptors (Lipinski definition) is 0. The Labute approximate surface area is 61.0 Å². The van der Waals surface area contributed by atoms with Crippen molar-refractivity contribution in [1.29, 1.82) is 0 Å². The van der Waals surface area contributed by atoms with Crippen molar-refractivity contribution in [2.24, 2.45) is 0 Å². The van der Waals surface area contributed by atoms with Crippen LogP contribution in [0.1, 0.15) is 6.92 Å². The van der Waals surface area contributed by atoms with Gasteiger partial charge in [0.1, 0.15) is 4.84 Å². The maximum Gasteiger partial charge on any atom is 0.105 e. The van der Waals surface area contributed by atoms with Gasteiger partial charge in [0.2, 0.25) is 0 Å². The van der Waals surface area contributed by atoms with Crippen molar-refractivity contribution in [3.05, 3.63) is 0 Å². The fraction of sp³-hybridized carbons (Fsp3) is 1.00. The van der Waals surface area contributed by atoms with Gasteiger partial charge in [-0.1, -0.05) is 0 Å². The Hall–Kier alpha value is 1.46. The van der Waals surface area contributed by atoms with Crippen molar-refractivity contribution in [3.63, 3.8) is 0 Å². The van der Waals surface area contributed by atoms with Gasteiger partial charge in [-0.05, 0) is 6.92 Å². The number of alkyl halides is 2. The Kier molecular flexibility index (Phi) is 10.6. The normalized spacial score (nSPS) is 7.20. The molecule has 31 valence electrons. The first-order valence-electron chi connectivity index (χ1n) is 1.01. The molecule has 0 aromatic heterocycles. The van der Waals surface area contributed by atoms with E-state index in [1.165, 1.54) is 0 Å². The molecule has 0 spiro atoms. The molecule has 3 heteroatoms. The van der Waals surface area contributed by atoms with Crippen molar-refractivity contribution < 1.29 is 0 Å². The Morgan fingerprint density at radius 2 is 1.40 bits per heavy atom. The zero-order valence-electron chi connectivity index (χ0n) is 2.78. The van der Waals surface area contributed by atoms with Gasteiger partial charge in [0.05, 0.1) is 0 Å². The third-order valence-electron chi connectivity index (χ3n) is 0. The predicted molar refractivity (Wildman–Crippen MR) is 26.9 cm³/mol. The molecule has 0 saturated carbocycles. The second-order valence-electron chi connectivity index (χ2n) is 0.519. The third kappa shape index (κ3) is 30.6. The predicted octanol–water partition coefficient (Wildman–Crippen LogP) is 1.43. The molecular weight excluding hydrogens is 304 g/mol. The Morgan fingerprint density at radius 1 is 1.40 bits per heavy atom. The van der Waals surface area contributed by atoms with E-state index in [4.69, 9.17) is 23.2 Å². The molecule has 0 atom stereocenters. The average Bonchev–Trinajstić information content (AvgIpc) is 0.811. The molecule has 0 N–H and O–H groups in total. The zero-order chi connectivity index (χ0) is 3.58. The van der Waals surface area contributed by atoms with Crippen LogP contribution in [-0.2, 0) is 0 Å². The molecule has 0 aliphatic heterocycles. The second-order valence-corrected chi connectivity index (χ2v) is 2.05. The molecule has 0 heterocycles. The molecule has 0 bridgehead atoms. The summed E-state index contributed by atoms with van der Waals surface area (Å²) in [5.74, 6) is 0. The molecule has 0 aromatic rings. The number of rotatable bonds is 0. The number of hydrogen-bond donors (Lipinski definition) is 0. The summed E-state index contributed by atoms with van der Waals surface area (Å²) < 4.78 is 0. The van der Waals surface area contributed by atoms with Crippen molar-refractivity contribution in [2.45, 2.75) is 11.8 Å². The molecule has 0 unspecified atom stereocenters. The van der Waals surface area contributed by atoms with E-state index in [1.54, 1.807) is 6.92 Å². The first-order valence-corrected chi connectivity index (χ1v) is 1.89. The van der Waals surface area contributed by atoms with Crippen molar-refractivity contribution in [3.8, 4) is 0 Å². The SMILES string of the molecule is CC(Cl)Cl.[Bi]. The van der Waals surface area contributed by atoms with Gasteiger partial charge in [0, 0.05) is 26.2 Å². The summed E-state index contributed by atoms with van der Waals surface area (Å²) in [5, 5.41) is 0. The molecule has 0 amide bonds. The van der Waals surface area contributed by atoms with Gasteiger partial charge in [0.25, 0.3) is 0 Å². The molecule has 0 nitrogen and oxygen atoms in total. The molecule has 3 radical (unpaired) electrons. The molecule has 0 fully saturated rings. The van der Waals surface area contributed by atoms with E-state index >= 15 is 0 Å². The Morgan fingerprint density at radius 3 is 1.40 bits per heavy atom. The van der Waals surface area contributed by atoms with Gasteiger partial charge in [-0.15, -0.1) is 23.2 Å². The molecular formula is C2H4BiCl2. The van der Waals surface area contributed by atoms with Gasteiger partial charge in [-0.2, -0.15) is 0 Å². The maximum atomic E-state index is 5.04.